The van der Waals surface area contributed by atoms with Crippen molar-refractivity contribution in [1.29, 1.82) is 0 Å². The van der Waals surface area contributed by atoms with Crippen LogP contribution in [0.2, 0.25) is 0 Å². The van der Waals surface area contributed by atoms with Gasteiger partial charge in [0.2, 0.25) is 0 Å². The van der Waals surface area contributed by atoms with Gasteiger partial charge in [-0.2, -0.15) is 0 Å². The molecular weight excluding hydrogens is 420 g/mol. The van der Waals surface area contributed by atoms with Crippen LogP contribution >= 0.6 is 0 Å². The van der Waals surface area contributed by atoms with Crippen molar-refractivity contribution in [1.82, 2.24) is 0 Å². The van der Waals surface area contributed by atoms with Crippen molar-refractivity contribution in [2.75, 3.05) is 0 Å². The Morgan fingerprint density at radius 1 is 0.824 bits per heavy atom. The van der Waals surface area contributed by atoms with Gasteiger partial charge in [-0.25, -0.2) is 0 Å². The normalized spacial score (nSPS) is 23.9. The molecule has 0 amide bonds. The summed E-state index contributed by atoms with van der Waals surface area (Å²) in [5.74, 6) is 2.41. The molecule has 3 heteroatoms. The molecule has 1 heterocycles. The number of ketones is 2. The Hall–Kier alpha value is -1.74. The molecule has 4 unspecified atom stereocenters. The third-order valence-corrected chi connectivity index (χ3v) is 8.15. The highest BCUT2D eigenvalue weighted by Gasteiger charge is 2.52. The van der Waals surface area contributed by atoms with Gasteiger partial charge in [0, 0.05) is 28.7 Å². The molecule has 0 saturated carbocycles. The molecule has 1 aliphatic carbocycles. The number of carbonyl (C=O) groups excluding carboxylic acids is 2. The van der Waals surface area contributed by atoms with E-state index in [1.165, 1.54) is 44.9 Å². The van der Waals surface area contributed by atoms with Crippen LogP contribution < -0.4 is 0 Å². The molecule has 188 valence electrons. The van der Waals surface area contributed by atoms with E-state index >= 15 is 0 Å². The van der Waals surface area contributed by atoms with Crippen LogP contribution in [-0.2, 0) is 4.74 Å². The van der Waals surface area contributed by atoms with Crippen molar-refractivity contribution >= 4 is 11.6 Å². The number of allylic oxidation sites excluding steroid dienone is 1. The van der Waals surface area contributed by atoms with Gasteiger partial charge in [-0.3, -0.25) is 9.59 Å². The first-order valence-corrected chi connectivity index (χ1v) is 13.7. The summed E-state index contributed by atoms with van der Waals surface area (Å²) in [7, 11) is 0. The van der Waals surface area contributed by atoms with E-state index < -0.39 is 0 Å². The topological polar surface area (TPSA) is 46.7 Å². The van der Waals surface area contributed by atoms with E-state index in [2.05, 4.69) is 34.6 Å². The average molecular weight is 467 g/mol. The van der Waals surface area contributed by atoms with E-state index in [0.717, 1.165) is 30.6 Å². The van der Waals surface area contributed by atoms with Crippen LogP contribution in [0.3, 0.4) is 0 Å². The summed E-state index contributed by atoms with van der Waals surface area (Å²) >= 11 is 0. The molecular formula is C31H46O3. The van der Waals surface area contributed by atoms with E-state index in [1.807, 2.05) is 12.1 Å². The van der Waals surface area contributed by atoms with Crippen molar-refractivity contribution in [3.63, 3.8) is 0 Å². The lowest BCUT2D eigenvalue weighted by Crippen LogP contribution is -2.23. The van der Waals surface area contributed by atoms with Crippen LogP contribution in [0.5, 0.6) is 0 Å². The van der Waals surface area contributed by atoms with Crippen LogP contribution in [0.25, 0.3) is 0 Å². The first kappa shape index (κ1) is 26.9. The lowest BCUT2D eigenvalue weighted by Gasteiger charge is -2.19. The SMILES string of the molecule is CC1=C(CC2OC2(C)CCCC(C)CCCC(C)CCCC(C)C)C(=O)c2ccccc2C1=O. The molecule has 1 aromatic rings. The Bertz CT molecular complexity index is 896. The zero-order chi connectivity index (χ0) is 24.9. The Kier molecular flexibility index (Phi) is 9.32. The fraction of sp³-hybridized carbons (Fsp3) is 0.677. The highest BCUT2D eigenvalue weighted by molar-refractivity contribution is 6.26. The molecule has 3 nitrogen and oxygen atoms in total. The summed E-state index contributed by atoms with van der Waals surface area (Å²) in [5.41, 5.74) is 2.16. The molecule has 1 aliphatic heterocycles. The van der Waals surface area contributed by atoms with Crippen LogP contribution in [0.4, 0.5) is 0 Å². The Morgan fingerprint density at radius 2 is 1.35 bits per heavy atom. The number of hydrogen-bond donors (Lipinski definition) is 0. The van der Waals surface area contributed by atoms with Gasteiger partial charge in [-0.15, -0.1) is 0 Å². The molecule has 1 saturated heterocycles. The van der Waals surface area contributed by atoms with Crippen molar-refractivity contribution in [2.24, 2.45) is 17.8 Å². The molecule has 34 heavy (non-hydrogen) atoms. The Balaban J connectivity index is 1.37. The number of hydrogen-bond acceptors (Lipinski definition) is 3. The monoisotopic (exact) mass is 466 g/mol. The first-order chi connectivity index (χ1) is 16.1. The standard InChI is InChI=1S/C31H46O3/c1-21(2)12-9-13-22(3)14-10-15-23(4)16-11-19-31(6)28(34-31)20-27-24(5)29(32)25-17-7-8-18-26(25)30(27)33/h7-8,17-18,21-23,28H,9-16,19-20H2,1-6H3. The van der Waals surface area contributed by atoms with Gasteiger partial charge in [0.05, 0.1) is 11.7 Å². The summed E-state index contributed by atoms with van der Waals surface area (Å²) in [6, 6.07) is 7.17. The molecule has 0 bridgehead atoms. The maximum atomic E-state index is 13.0. The minimum Gasteiger partial charge on any atom is -0.366 e. The van der Waals surface area contributed by atoms with Gasteiger partial charge in [0.25, 0.3) is 0 Å². The third-order valence-electron chi connectivity index (χ3n) is 8.15. The highest BCUT2D eigenvalue weighted by Crippen LogP contribution is 2.45. The predicted octanol–water partition coefficient (Wildman–Crippen LogP) is 8.37. The minimum atomic E-state index is -0.155. The van der Waals surface area contributed by atoms with Gasteiger partial charge in [-0.1, -0.05) is 103 Å². The molecule has 3 rings (SSSR count). The quantitative estimate of drug-likeness (QED) is 0.259. The molecule has 0 aromatic heterocycles. The van der Waals surface area contributed by atoms with E-state index in [4.69, 9.17) is 4.74 Å². The van der Waals surface area contributed by atoms with Crippen LogP contribution in [0.15, 0.2) is 35.4 Å². The third kappa shape index (κ3) is 6.90. The highest BCUT2D eigenvalue weighted by atomic mass is 16.6. The molecule has 4 atom stereocenters. The maximum Gasteiger partial charge on any atom is 0.190 e. The molecule has 1 fully saturated rings. The summed E-state index contributed by atoms with van der Waals surface area (Å²) < 4.78 is 6.08. The van der Waals surface area contributed by atoms with Gasteiger partial charge >= 0.3 is 0 Å². The predicted molar refractivity (Wildman–Crippen MR) is 140 cm³/mol. The zero-order valence-corrected chi connectivity index (χ0v) is 22.4. The number of ether oxygens (including phenoxy) is 1. The van der Waals surface area contributed by atoms with Crippen molar-refractivity contribution < 1.29 is 14.3 Å². The molecule has 2 aliphatic rings. The molecule has 0 radical (unpaired) electrons. The van der Waals surface area contributed by atoms with Gasteiger partial charge in [0.1, 0.15) is 0 Å². The number of Topliss-reactive ketones (excluding diaryl/α,β-unsaturated/α-hetero) is 2. The number of benzene rings is 1. The van der Waals surface area contributed by atoms with E-state index in [1.54, 1.807) is 19.1 Å². The number of fused-ring (bicyclic) bond motifs is 1. The summed E-state index contributed by atoms with van der Waals surface area (Å²) in [5, 5.41) is 0. The van der Waals surface area contributed by atoms with Crippen LogP contribution in [0, 0.1) is 17.8 Å². The molecule has 0 spiro atoms. The van der Waals surface area contributed by atoms with Crippen molar-refractivity contribution in [3.05, 3.63) is 46.5 Å². The Morgan fingerprint density at radius 3 is 1.94 bits per heavy atom. The largest absolute Gasteiger partial charge is 0.366 e. The zero-order valence-electron chi connectivity index (χ0n) is 22.4. The number of carbonyl (C=O) groups is 2. The van der Waals surface area contributed by atoms with E-state index in [9.17, 15) is 9.59 Å². The smallest absolute Gasteiger partial charge is 0.190 e. The average Bonchev–Trinajstić information content (AvgIpc) is 3.43. The van der Waals surface area contributed by atoms with Gasteiger partial charge in [-0.05, 0) is 38.0 Å². The van der Waals surface area contributed by atoms with E-state index in [-0.39, 0.29) is 23.3 Å². The van der Waals surface area contributed by atoms with Gasteiger partial charge < -0.3 is 4.74 Å². The second-order valence-corrected chi connectivity index (χ2v) is 11.8. The summed E-state index contributed by atoms with van der Waals surface area (Å²) in [6.45, 7) is 13.4. The minimum absolute atomic E-state index is 0.00222. The Labute approximate surface area is 207 Å². The fourth-order valence-corrected chi connectivity index (χ4v) is 5.53. The maximum absolute atomic E-state index is 13.0. The van der Waals surface area contributed by atoms with Gasteiger partial charge in [0.15, 0.2) is 11.6 Å². The molecule has 1 aromatic carbocycles. The summed E-state index contributed by atoms with van der Waals surface area (Å²) in [4.78, 5) is 25.8. The lowest BCUT2D eigenvalue weighted by molar-refractivity contribution is 0.0970. The number of rotatable bonds is 14. The van der Waals surface area contributed by atoms with Crippen molar-refractivity contribution in [3.8, 4) is 0 Å². The lowest BCUT2D eigenvalue weighted by atomic mass is 9.81. The van der Waals surface area contributed by atoms with E-state index in [0.29, 0.717) is 28.7 Å². The first-order valence-electron chi connectivity index (χ1n) is 13.7. The van der Waals surface area contributed by atoms with Crippen LogP contribution in [0.1, 0.15) is 126 Å². The van der Waals surface area contributed by atoms with Crippen LogP contribution in [-0.4, -0.2) is 23.3 Å². The second-order valence-electron chi connectivity index (χ2n) is 11.8. The fourth-order valence-electron chi connectivity index (χ4n) is 5.53. The number of epoxide rings is 1. The second kappa shape index (κ2) is 11.8. The summed E-state index contributed by atoms with van der Waals surface area (Å²) in [6.07, 6.45) is 12.1. The molecule has 0 N–H and O–H groups in total. The van der Waals surface area contributed by atoms with Crippen molar-refractivity contribution in [2.45, 2.75) is 117 Å².